The molecule has 0 aliphatic carbocycles. The molecule has 2 aromatic rings. The average molecular weight is 225 g/mol. The van der Waals surface area contributed by atoms with Gasteiger partial charge < -0.3 is 9.15 Å². The van der Waals surface area contributed by atoms with E-state index in [9.17, 15) is 0 Å². The van der Waals surface area contributed by atoms with Gasteiger partial charge in [0.2, 0.25) is 5.88 Å². The van der Waals surface area contributed by atoms with Crippen LogP contribution in [0.15, 0.2) is 22.7 Å². The molecule has 0 bridgehead atoms. The maximum atomic E-state index is 5.75. The fourth-order valence-electron chi connectivity index (χ4n) is 1.25. The van der Waals surface area contributed by atoms with Crippen molar-refractivity contribution in [2.24, 2.45) is 0 Å². The highest BCUT2D eigenvalue weighted by atomic mass is 35.5. The minimum absolute atomic E-state index is 0.381. The summed E-state index contributed by atoms with van der Waals surface area (Å²) in [5, 5.41) is 0.381. The molecule has 2 heterocycles. The molecule has 4 nitrogen and oxygen atoms in total. The van der Waals surface area contributed by atoms with Gasteiger partial charge in [0.1, 0.15) is 5.15 Å². The second-order valence-electron chi connectivity index (χ2n) is 2.93. The van der Waals surface area contributed by atoms with E-state index >= 15 is 0 Å². The van der Waals surface area contributed by atoms with E-state index in [0.29, 0.717) is 22.7 Å². The molecular weight excluding hydrogens is 216 g/mol. The summed E-state index contributed by atoms with van der Waals surface area (Å²) < 4.78 is 10.5. The van der Waals surface area contributed by atoms with E-state index in [2.05, 4.69) is 9.97 Å². The topological polar surface area (TPSA) is 48.2 Å². The average Bonchev–Trinajstić information content (AvgIpc) is 2.64. The smallest absolute Gasteiger partial charge is 0.225 e. The number of methoxy groups -OCH3 is 1. The molecule has 15 heavy (non-hydrogen) atoms. The van der Waals surface area contributed by atoms with Gasteiger partial charge in [0, 0.05) is 6.92 Å². The summed E-state index contributed by atoms with van der Waals surface area (Å²) in [6, 6.07) is 3.46. The van der Waals surface area contributed by atoms with Crippen LogP contribution in [0.25, 0.3) is 11.3 Å². The van der Waals surface area contributed by atoms with Gasteiger partial charge >= 0.3 is 0 Å². The molecule has 0 saturated carbocycles. The monoisotopic (exact) mass is 224 g/mol. The zero-order chi connectivity index (χ0) is 10.8. The number of pyridine rings is 1. The Hall–Kier alpha value is -1.55. The zero-order valence-electron chi connectivity index (χ0n) is 8.32. The predicted octanol–water partition coefficient (Wildman–Crippen LogP) is 2.71. The van der Waals surface area contributed by atoms with Gasteiger partial charge in [0.15, 0.2) is 11.7 Å². The summed E-state index contributed by atoms with van der Waals surface area (Å²) in [7, 11) is 1.53. The summed E-state index contributed by atoms with van der Waals surface area (Å²) in [6.45, 7) is 1.78. The van der Waals surface area contributed by atoms with E-state index in [4.69, 9.17) is 20.8 Å². The summed E-state index contributed by atoms with van der Waals surface area (Å²) in [5.74, 6) is 1.65. The molecule has 0 amide bonds. The van der Waals surface area contributed by atoms with Gasteiger partial charge in [-0.25, -0.2) is 9.97 Å². The van der Waals surface area contributed by atoms with Crippen LogP contribution in [0.3, 0.4) is 0 Å². The Morgan fingerprint density at radius 1 is 1.40 bits per heavy atom. The highest BCUT2D eigenvalue weighted by molar-refractivity contribution is 6.29. The SMILES string of the molecule is COc1nc(Cl)ccc1-c1cnc(C)o1. The first-order valence-corrected chi connectivity index (χ1v) is 4.72. The van der Waals surface area contributed by atoms with Crippen LogP contribution in [0.2, 0.25) is 5.15 Å². The molecule has 0 aliphatic rings. The van der Waals surface area contributed by atoms with Crippen molar-refractivity contribution in [3.63, 3.8) is 0 Å². The molecule has 0 saturated heterocycles. The summed E-state index contributed by atoms with van der Waals surface area (Å²) >= 11 is 5.75. The highest BCUT2D eigenvalue weighted by Crippen LogP contribution is 2.29. The van der Waals surface area contributed by atoms with Crippen LogP contribution >= 0.6 is 11.6 Å². The van der Waals surface area contributed by atoms with Gasteiger partial charge in [-0.05, 0) is 12.1 Å². The third-order valence-electron chi connectivity index (χ3n) is 1.91. The molecule has 0 fully saturated rings. The Kier molecular flexibility index (Phi) is 2.60. The van der Waals surface area contributed by atoms with Gasteiger partial charge in [-0.3, -0.25) is 0 Å². The molecular formula is C10H9ClN2O2. The lowest BCUT2D eigenvalue weighted by atomic mass is 10.2. The van der Waals surface area contributed by atoms with E-state index in [1.165, 1.54) is 7.11 Å². The minimum atomic E-state index is 0.381. The second kappa shape index (κ2) is 3.90. The van der Waals surface area contributed by atoms with Gasteiger partial charge in [-0.15, -0.1) is 0 Å². The number of aryl methyl sites for hydroxylation is 1. The van der Waals surface area contributed by atoms with Crippen molar-refractivity contribution in [2.75, 3.05) is 7.11 Å². The maximum absolute atomic E-state index is 5.75. The molecule has 2 aromatic heterocycles. The molecule has 0 atom stereocenters. The molecule has 2 rings (SSSR count). The van der Waals surface area contributed by atoms with E-state index in [0.717, 1.165) is 5.56 Å². The largest absolute Gasteiger partial charge is 0.480 e. The highest BCUT2D eigenvalue weighted by Gasteiger charge is 2.11. The molecule has 0 N–H and O–H groups in total. The Balaban J connectivity index is 2.52. The zero-order valence-corrected chi connectivity index (χ0v) is 9.08. The number of aromatic nitrogens is 2. The first kappa shape index (κ1) is 9.98. The van der Waals surface area contributed by atoms with E-state index in [1.54, 1.807) is 25.3 Å². The number of rotatable bonds is 2. The van der Waals surface area contributed by atoms with Crippen LogP contribution in [0.4, 0.5) is 0 Å². The molecule has 0 unspecified atom stereocenters. The number of hydrogen-bond acceptors (Lipinski definition) is 4. The normalized spacial score (nSPS) is 10.3. The summed E-state index contributed by atoms with van der Waals surface area (Å²) in [5.41, 5.74) is 0.738. The van der Waals surface area contributed by atoms with Crippen molar-refractivity contribution >= 4 is 11.6 Å². The third kappa shape index (κ3) is 1.94. The van der Waals surface area contributed by atoms with Crippen LogP contribution in [-0.2, 0) is 0 Å². The van der Waals surface area contributed by atoms with Crippen molar-refractivity contribution in [2.45, 2.75) is 6.92 Å². The van der Waals surface area contributed by atoms with E-state index in [1.807, 2.05) is 0 Å². The fraction of sp³-hybridized carbons (Fsp3) is 0.200. The predicted molar refractivity (Wildman–Crippen MR) is 56.0 cm³/mol. The minimum Gasteiger partial charge on any atom is -0.480 e. The molecule has 5 heteroatoms. The first-order valence-electron chi connectivity index (χ1n) is 4.34. The fourth-order valence-corrected chi connectivity index (χ4v) is 1.39. The van der Waals surface area contributed by atoms with Crippen LogP contribution in [-0.4, -0.2) is 17.1 Å². The summed E-state index contributed by atoms with van der Waals surface area (Å²) in [4.78, 5) is 8.04. The second-order valence-corrected chi connectivity index (χ2v) is 3.32. The maximum Gasteiger partial charge on any atom is 0.225 e. The molecule has 0 aliphatic heterocycles. The lowest BCUT2D eigenvalue weighted by Crippen LogP contribution is -1.90. The van der Waals surface area contributed by atoms with Crippen molar-refractivity contribution in [1.82, 2.24) is 9.97 Å². The van der Waals surface area contributed by atoms with Crippen LogP contribution in [0, 0.1) is 6.92 Å². The number of nitrogens with zero attached hydrogens (tertiary/aromatic N) is 2. The van der Waals surface area contributed by atoms with Crippen LogP contribution < -0.4 is 4.74 Å². The lowest BCUT2D eigenvalue weighted by Gasteiger charge is -2.04. The number of halogens is 1. The van der Waals surface area contributed by atoms with E-state index in [-0.39, 0.29) is 0 Å². The van der Waals surface area contributed by atoms with E-state index < -0.39 is 0 Å². The van der Waals surface area contributed by atoms with Crippen molar-refractivity contribution in [3.05, 3.63) is 29.4 Å². The molecule has 78 valence electrons. The van der Waals surface area contributed by atoms with Crippen LogP contribution in [0.1, 0.15) is 5.89 Å². The number of oxazole rings is 1. The molecule has 0 radical (unpaired) electrons. The Bertz CT molecular complexity index is 482. The van der Waals surface area contributed by atoms with Gasteiger partial charge in [-0.2, -0.15) is 0 Å². The molecule has 0 spiro atoms. The number of ether oxygens (including phenoxy) is 1. The Labute approximate surface area is 91.9 Å². The summed E-state index contributed by atoms with van der Waals surface area (Å²) in [6.07, 6.45) is 1.63. The van der Waals surface area contributed by atoms with Gasteiger partial charge in [0.25, 0.3) is 0 Å². The van der Waals surface area contributed by atoms with Crippen molar-refractivity contribution in [1.29, 1.82) is 0 Å². The quantitative estimate of drug-likeness (QED) is 0.736. The van der Waals surface area contributed by atoms with Crippen LogP contribution in [0.5, 0.6) is 5.88 Å². The lowest BCUT2D eigenvalue weighted by molar-refractivity contribution is 0.397. The Morgan fingerprint density at radius 2 is 2.20 bits per heavy atom. The molecule has 0 aromatic carbocycles. The van der Waals surface area contributed by atoms with Crippen molar-refractivity contribution < 1.29 is 9.15 Å². The first-order chi connectivity index (χ1) is 7.20. The number of hydrogen-bond donors (Lipinski definition) is 0. The standard InChI is InChI=1S/C10H9ClN2O2/c1-6-12-5-8(15-6)7-3-4-9(11)13-10(7)14-2/h3-5H,1-2H3. The van der Waals surface area contributed by atoms with Gasteiger partial charge in [0.05, 0.1) is 18.9 Å². The third-order valence-corrected chi connectivity index (χ3v) is 2.12. The van der Waals surface area contributed by atoms with Crippen molar-refractivity contribution in [3.8, 4) is 17.2 Å². The van der Waals surface area contributed by atoms with Gasteiger partial charge in [-0.1, -0.05) is 11.6 Å². The Morgan fingerprint density at radius 3 is 2.80 bits per heavy atom.